The number of benzene rings is 2. The van der Waals surface area contributed by atoms with Crippen LogP contribution in [0, 0.1) is 0 Å². The lowest BCUT2D eigenvalue weighted by molar-refractivity contribution is -0.121. The molecule has 1 unspecified atom stereocenters. The highest BCUT2D eigenvalue weighted by atomic mass is 16.6. The predicted octanol–water partition coefficient (Wildman–Crippen LogP) is 4.86. The first-order valence-electron chi connectivity index (χ1n) is 11.8. The maximum Gasteiger partial charge on any atom is 0.235 e. The second-order valence-electron chi connectivity index (χ2n) is 8.90. The van der Waals surface area contributed by atoms with Crippen LogP contribution in [0.2, 0.25) is 0 Å². The Morgan fingerprint density at radius 2 is 1.78 bits per heavy atom. The molecule has 1 saturated carbocycles. The van der Waals surface area contributed by atoms with E-state index in [2.05, 4.69) is 5.32 Å². The molecule has 2 aliphatic heterocycles. The van der Waals surface area contributed by atoms with Crippen LogP contribution in [0.3, 0.4) is 0 Å². The molecule has 0 bridgehead atoms. The molecule has 2 fully saturated rings. The minimum absolute atomic E-state index is 0.0108. The molecule has 1 amide bonds. The van der Waals surface area contributed by atoms with E-state index < -0.39 is 5.41 Å². The van der Waals surface area contributed by atoms with Crippen molar-refractivity contribution in [3.63, 3.8) is 0 Å². The van der Waals surface area contributed by atoms with Gasteiger partial charge in [0, 0.05) is 6.61 Å². The molecule has 1 aliphatic carbocycles. The van der Waals surface area contributed by atoms with E-state index in [-0.39, 0.29) is 12.0 Å². The van der Waals surface area contributed by atoms with Gasteiger partial charge < -0.3 is 24.3 Å². The van der Waals surface area contributed by atoms with E-state index >= 15 is 0 Å². The number of amides is 1. The summed E-state index contributed by atoms with van der Waals surface area (Å²) in [5.41, 5.74) is 1.12. The number of ether oxygens (including phenoxy) is 4. The lowest BCUT2D eigenvalue weighted by Gasteiger charge is -2.30. The highest BCUT2D eigenvalue weighted by Crippen LogP contribution is 2.45. The fourth-order valence-electron chi connectivity index (χ4n) is 5.03. The summed E-state index contributed by atoms with van der Waals surface area (Å²) in [6.07, 6.45) is 7.11. The Labute approximate surface area is 189 Å². The largest absolute Gasteiger partial charge is 0.489 e. The van der Waals surface area contributed by atoms with E-state index in [1.807, 2.05) is 42.5 Å². The number of fused-ring (bicyclic) bond motifs is 1. The lowest BCUT2D eigenvalue weighted by Crippen LogP contribution is -2.38. The molecule has 0 radical (unpaired) electrons. The first-order valence-corrected chi connectivity index (χ1v) is 11.8. The van der Waals surface area contributed by atoms with Crippen LogP contribution in [0.15, 0.2) is 42.5 Å². The molecule has 5 rings (SSSR count). The number of carbonyl (C=O) groups is 1. The Hall–Kier alpha value is -2.73. The van der Waals surface area contributed by atoms with Gasteiger partial charge >= 0.3 is 0 Å². The van der Waals surface area contributed by atoms with E-state index in [0.29, 0.717) is 31.3 Å². The number of nitrogens with one attached hydrogen (secondary N) is 1. The number of hydrogen-bond acceptors (Lipinski definition) is 5. The van der Waals surface area contributed by atoms with E-state index in [9.17, 15) is 4.79 Å². The Morgan fingerprint density at radius 3 is 2.59 bits per heavy atom. The van der Waals surface area contributed by atoms with E-state index in [4.69, 9.17) is 18.9 Å². The molecule has 1 saturated heterocycles. The number of para-hydroxylation sites is 2. The van der Waals surface area contributed by atoms with E-state index in [0.717, 1.165) is 62.2 Å². The lowest BCUT2D eigenvalue weighted by atomic mass is 9.77. The second-order valence-corrected chi connectivity index (χ2v) is 8.90. The van der Waals surface area contributed by atoms with Crippen molar-refractivity contribution in [1.29, 1.82) is 0 Å². The van der Waals surface area contributed by atoms with Crippen LogP contribution >= 0.6 is 0 Å². The van der Waals surface area contributed by atoms with Crippen molar-refractivity contribution in [2.75, 3.05) is 31.7 Å². The summed E-state index contributed by atoms with van der Waals surface area (Å²) in [4.78, 5) is 13.7. The molecular weight excluding hydrogens is 406 g/mol. The van der Waals surface area contributed by atoms with Crippen LogP contribution < -0.4 is 19.5 Å². The Morgan fingerprint density at radius 1 is 0.969 bits per heavy atom. The summed E-state index contributed by atoms with van der Waals surface area (Å²) in [6, 6.07) is 13.6. The zero-order valence-electron chi connectivity index (χ0n) is 18.4. The third kappa shape index (κ3) is 4.29. The SMILES string of the molecule is O=C(Nc1ccccc1OCC1CCCCO1)C1(c2ccc3c(c2)OCCO3)CCCC1. The summed E-state index contributed by atoms with van der Waals surface area (Å²) in [5, 5.41) is 3.18. The van der Waals surface area contributed by atoms with Crippen LogP contribution in [0.4, 0.5) is 5.69 Å². The molecule has 170 valence electrons. The fraction of sp³-hybridized carbons (Fsp3) is 0.500. The van der Waals surface area contributed by atoms with Gasteiger partial charge in [-0.3, -0.25) is 4.79 Å². The Kier molecular flexibility index (Phi) is 6.21. The van der Waals surface area contributed by atoms with E-state index in [1.165, 1.54) is 6.42 Å². The summed E-state index contributed by atoms with van der Waals surface area (Å²) in [5.74, 6) is 2.17. The molecule has 2 aromatic carbocycles. The minimum atomic E-state index is -0.574. The van der Waals surface area contributed by atoms with Crippen molar-refractivity contribution >= 4 is 11.6 Å². The van der Waals surface area contributed by atoms with Gasteiger partial charge in [0.25, 0.3) is 0 Å². The number of rotatable bonds is 6. The van der Waals surface area contributed by atoms with Crippen LogP contribution in [-0.2, 0) is 14.9 Å². The number of hydrogen-bond donors (Lipinski definition) is 1. The first kappa shape index (κ1) is 21.1. The van der Waals surface area contributed by atoms with Crippen LogP contribution in [0.5, 0.6) is 17.2 Å². The molecule has 0 aromatic heterocycles. The average molecular weight is 438 g/mol. The van der Waals surface area contributed by atoms with Crippen molar-refractivity contribution < 1.29 is 23.7 Å². The molecule has 2 heterocycles. The average Bonchev–Trinajstić information content (AvgIpc) is 3.35. The third-order valence-electron chi connectivity index (χ3n) is 6.82. The van der Waals surface area contributed by atoms with Gasteiger partial charge in [-0.1, -0.05) is 31.0 Å². The van der Waals surface area contributed by atoms with Crippen molar-refractivity contribution in [3.8, 4) is 17.2 Å². The molecule has 32 heavy (non-hydrogen) atoms. The molecule has 6 heteroatoms. The molecule has 3 aliphatic rings. The number of carbonyl (C=O) groups excluding carboxylic acids is 1. The van der Waals surface area contributed by atoms with Gasteiger partial charge in [0.15, 0.2) is 11.5 Å². The highest BCUT2D eigenvalue weighted by Gasteiger charge is 2.43. The molecule has 0 spiro atoms. The monoisotopic (exact) mass is 437 g/mol. The van der Waals surface area contributed by atoms with Gasteiger partial charge in [0.1, 0.15) is 25.6 Å². The molecule has 1 N–H and O–H groups in total. The quantitative estimate of drug-likeness (QED) is 0.699. The molecule has 6 nitrogen and oxygen atoms in total. The van der Waals surface area contributed by atoms with Gasteiger partial charge in [0.2, 0.25) is 5.91 Å². The van der Waals surface area contributed by atoms with Crippen molar-refractivity contribution in [3.05, 3.63) is 48.0 Å². The summed E-state index contributed by atoms with van der Waals surface area (Å²) < 4.78 is 23.3. The summed E-state index contributed by atoms with van der Waals surface area (Å²) in [6.45, 7) is 2.39. The van der Waals surface area contributed by atoms with Crippen LogP contribution in [0.1, 0.15) is 50.5 Å². The molecule has 1 atom stereocenters. The zero-order chi connectivity index (χ0) is 21.8. The van der Waals surface area contributed by atoms with Gasteiger partial charge in [-0.2, -0.15) is 0 Å². The molecular formula is C26H31NO5. The maximum atomic E-state index is 13.7. The van der Waals surface area contributed by atoms with E-state index in [1.54, 1.807) is 0 Å². The van der Waals surface area contributed by atoms with Gasteiger partial charge in [-0.05, 0) is 61.9 Å². The summed E-state index contributed by atoms with van der Waals surface area (Å²) in [7, 11) is 0. The fourth-order valence-corrected chi connectivity index (χ4v) is 5.03. The second kappa shape index (κ2) is 9.41. The predicted molar refractivity (Wildman–Crippen MR) is 122 cm³/mol. The highest BCUT2D eigenvalue weighted by molar-refractivity contribution is 6.00. The zero-order valence-corrected chi connectivity index (χ0v) is 18.4. The molecule has 2 aromatic rings. The first-order chi connectivity index (χ1) is 15.7. The van der Waals surface area contributed by atoms with Crippen molar-refractivity contribution in [2.45, 2.75) is 56.5 Å². The maximum absolute atomic E-state index is 13.7. The normalized spacial score (nSPS) is 21.7. The standard InChI is InChI=1S/C26H31NO5/c28-25(27-21-8-1-2-9-22(21)32-18-20-7-3-6-14-29-20)26(12-4-5-13-26)19-10-11-23-24(17-19)31-16-15-30-23/h1-2,8-11,17,20H,3-7,12-16,18H2,(H,27,28). The topological polar surface area (TPSA) is 66.0 Å². The number of anilines is 1. The van der Waals surface area contributed by atoms with Crippen LogP contribution in [-0.4, -0.2) is 38.4 Å². The Balaban J connectivity index is 1.35. The van der Waals surface area contributed by atoms with Gasteiger partial charge in [0.05, 0.1) is 17.2 Å². The Bertz CT molecular complexity index is 947. The van der Waals surface area contributed by atoms with Crippen molar-refractivity contribution in [2.24, 2.45) is 0 Å². The summed E-state index contributed by atoms with van der Waals surface area (Å²) >= 11 is 0. The van der Waals surface area contributed by atoms with Gasteiger partial charge in [-0.25, -0.2) is 0 Å². The van der Waals surface area contributed by atoms with Crippen LogP contribution in [0.25, 0.3) is 0 Å². The minimum Gasteiger partial charge on any atom is -0.489 e. The van der Waals surface area contributed by atoms with Gasteiger partial charge in [-0.15, -0.1) is 0 Å². The smallest absolute Gasteiger partial charge is 0.235 e. The third-order valence-corrected chi connectivity index (χ3v) is 6.82. The van der Waals surface area contributed by atoms with Crippen molar-refractivity contribution in [1.82, 2.24) is 0 Å².